The molecule has 7 heteroatoms. The van der Waals surface area contributed by atoms with Crippen molar-refractivity contribution in [2.75, 3.05) is 19.6 Å². The zero-order chi connectivity index (χ0) is 12.9. The molecule has 1 aliphatic heterocycles. The van der Waals surface area contributed by atoms with Gasteiger partial charge in [-0.05, 0) is 19.3 Å². The molecular formula is C10H19FN2O3S. The first-order valence-electron chi connectivity index (χ1n) is 5.92. The number of piperidine rings is 1. The van der Waals surface area contributed by atoms with Crippen molar-refractivity contribution >= 4 is 16.3 Å². The van der Waals surface area contributed by atoms with Crippen LogP contribution in [-0.4, -0.2) is 38.3 Å². The lowest BCUT2D eigenvalue weighted by molar-refractivity contribution is -0.126. The molecule has 0 unspecified atom stereocenters. The lowest BCUT2D eigenvalue weighted by Gasteiger charge is -2.27. The van der Waals surface area contributed by atoms with Crippen molar-refractivity contribution < 1.29 is 17.1 Å². The number of nitrogens with one attached hydrogen (secondary N) is 1. The Morgan fingerprint density at radius 1 is 1.41 bits per heavy atom. The number of nitrogens with zero attached hydrogens (tertiary/aromatic N) is 1. The Morgan fingerprint density at radius 2 is 2.00 bits per heavy atom. The predicted octanol–water partition coefficient (Wildman–Crippen LogP) is 0.829. The Bertz CT molecular complexity index is 351. The Labute approximate surface area is 102 Å². The molecule has 0 saturated carbocycles. The SMILES string of the molecule is CCCCNC(=O)C1CCN(S(=O)(=O)F)CC1. The number of halogens is 1. The highest BCUT2D eigenvalue weighted by atomic mass is 32.3. The monoisotopic (exact) mass is 266 g/mol. The van der Waals surface area contributed by atoms with Crippen LogP contribution in [0.2, 0.25) is 0 Å². The van der Waals surface area contributed by atoms with Crippen LogP contribution in [0.25, 0.3) is 0 Å². The highest BCUT2D eigenvalue weighted by molar-refractivity contribution is 7.83. The third-order valence-corrected chi connectivity index (χ3v) is 3.94. The molecule has 100 valence electrons. The Morgan fingerprint density at radius 3 is 2.47 bits per heavy atom. The van der Waals surface area contributed by atoms with Gasteiger partial charge in [-0.3, -0.25) is 4.79 Å². The Kier molecular flexibility index (Phi) is 5.32. The van der Waals surface area contributed by atoms with Gasteiger partial charge in [-0.2, -0.15) is 12.7 Å². The summed E-state index contributed by atoms with van der Waals surface area (Å²) in [5.41, 5.74) is 0. The second-order valence-electron chi connectivity index (χ2n) is 4.26. The van der Waals surface area contributed by atoms with Gasteiger partial charge in [-0.15, -0.1) is 0 Å². The van der Waals surface area contributed by atoms with Crippen LogP contribution in [0, 0.1) is 5.92 Å². The minimum Gasteiger partial charge on any atom is -0.356 e. The summed E-state index contributed by atoms with van der Waals surface area (Å²) in [6.07, 6.45) is 2.73. The molecule has 0 atom stereocenters. The Balaban J connectivity index is 2.34. The first-order valence-corrected chi connectivity index (χ1v) is 7.26. The Hall–Kier alpha value is -0.690. The second kappa shape index (κ2) is 6.30. The fraction of sp³-hybridized carbons (Fsp3) is 0.900. The molecule has 1 rings (SSSR count). The van der Waals surface area contributed by atoms with Crippen LogP contribution >= 0.6 is 0 Å². The van der Waals surface area contributed by atoms with Gasteiger partial charge in [0.25, 0.3) is 0 Å². The highest BCUT2D eigenvalue weighted by Gasteiger charge is 2.30. The van der Waals surface area contributed by atoms with E-state index in [0.29, 0.717) is 19.4 Å². The molecule has 17 heavy (non-hydrogen) atoms. The van der Waals surface area contributed by atoms with Gasteiger partial charge in [0.2, 0.25) is 5.91 Å². The van der Waals surface area contributed by atoms with E-state index >= 15 is 0 Å². The van der Waals surface area contributed by atoms with E-state index in [1.54, 1.807) is 0 Å². The van der Waals surface area contributed by atoms with E-state index in [-0.39, 0.29) is 24.9 Å². The maximum absolute atomic E-state index is 12.6. The van der Waals surface area contributed by atoms with Crippen LogP contribution in [0.4, 0.5) is 3.89 Å². The van der Waals surface area contributed by atoms with Crippen LogP contribution in [0.15, 0.2) is 0 Å². The van der Waals surface area contributed by atoms with Gasteiger partial charge in [-0.1, -0.05) is 17.2 Å². The summed E-state index contributed by atoms with van der Waals surface area (Å²) in [5.74, 6) is -0.237. The summed E-state index contributed by atoms with van der Waals surface area (Å²) in [4.78, 5) is 11.7. The molecule has 1 saturated heterocycles. The van der Waals surface area contributed by atoms with Crippen LogP contribution in [0.5, 0.6) is 0 Å². The summed E-state index contributed by atoms with van der Waals surface area (Å²) >= 11 is 0. The lowest BCUT2D eigenvalue weighted by atomic mass is 9.97. The van der Waals surface area contributed by atoms with Gasteiger partial charge in [0.1, 0.15) is 0 Å². The lowest BCUT2D eigenvalue weighted by Crippen LogP contribution is -2.42. The zero-order valence-corrected chi connectivity index (χ0v) is 10.8. The van der Waals surface area contributed by atoms with Gasteiger partial charge in [-0.25, -0.2) is 0 Å². The van der Waals surface area contributed by atoms with Crippen LogP contribution in [-0.2, 0) is 15.2 Å². The van der Waals surface area contributed by atoms with E-state index in [1.807, 2.05) is 6.92 Å². The summed E-state index contributed by atoms with van der Waals surface area (Å²) in [6, 6.07) is 0. The number of carbonyl (C=O) groups excluding carboxylic acids is 1. The molecule has 1 amide bonds. The van der Waals surface area contributed by atoms with Gasteiger partial charge in [0.05, 0.1) is 0 Å². The minimum absolute atomic E-state index is 0.0469. The van der Waals surface area contributed by atoms with E-state index in [4.69, 9.17) is 0 Å². The van der Waals surface area contributed by atoms with E-state index in [2.05, 4.69) is 5.32 Å². The fourth-order valence-electron chi connectivity index (χ4n) is 1.87. The van der Waals surface area contributed by atoms with Crippen molar-refractivity contribution in [1.82, 2.24) is 9.62 Å². The molecule has 1 N–H and O–H groups in total. The van der Waals surface area contributed by atoms with Crippen LogP contribution < -0.4 is 5.32 Å². The van der Waals surface area contributed by atoms with Gasteiger partial charge < -0.3 is 5.32 Å². The topological polar surface area (TPSA) is 66.5 Å². The number of amides is 1. The number of hydrogen-bond donors (Lipinski definition) is 1. The minimum atomic E-state index is -4.59. The fourth-order valence-corrected chi connectivity index (χ4v) is 2.52. The molecule has 0 aromatic heterocycles. The van der Waals surface area contributed by atoms with Crippen molar-refractivity contribution in [2.24, 2.45) is 5.92 Å². The normalized spacial score (nSPS) is 19.2. The second-order valence-corrected chi connectivity index (χ2v) is 5.60. The average molecular weight is 266 g/mol. The largest absolute Gasteiger partial charge is 0.374 e. The molecule has 0 aromatic carbocycles. The summed E-state index contributed by atoms with van der Waals surface area (Å²) in [7, 11) is -4.59. The van der Waals surface area contributed by atoms with Gasteiger partial charge >= 0.3 is 10.4 Å². The quantitative estimate of drug-likeness (QED) is 0.592. The van der Waals surface area contributed by atoms with Crippen molar-refractivity contribution in [1.29, 1.82) is 0 Å². The summed E-state index contributed by atoms with van der Waals surface area (Å²) in [6.45, 7) is 2.86. The maximum Gasteiger partial charge on any atom is 0.374 e. The number of rotatable bonds is 5. The first-order chi connectivity index (χ1) is 7.95. The standard InChI is InChI=1S/C10H19FN2O3S/c1-2-3-6-12-10(14)9-4-7-13(8-5-9)17(11,15)16/h9H,2-8H2,1H3,(H,12,14). The van der Waals surface area contributed by atoms with Crippen molar-refractivity contribution in [3.05, 3.63) is 0 Å². The molecule has 5 nitrogen and oxygen atoms in total. The molecule has 0 spiro atoms. The number of unbranched alkanes of at least 4 members (excludes halogenated alkanes) is 1. The van der Waals surface area contributed by atoms with E-state index < -0.39 is 10.4 Å². The molecule has 0 bridgehead atoms. The van der Waals surface area contributed by atoms with Crippen molar-refractivity contribution in [2.45, 2.75) is 32.6 Å². The average Bonchev–Trinajstić information content (AvgIpc) is 2.28. The van der Waals surface area contributed by atoms with Crippen molar-refractivity contribution in [3.8, 4) is 0 Å². The first kappa shape index (κ1) is 14.4. The highest BCUT2D eigenvalue weighted by Crippen LogP contribution is 2.20. The van der Waals surface area contributed by atoms with E-state index in [1.165, 1.54) is 0 Å². The molecule has 1 aliphatic rings. The zero-order valence-electron chi connectivity index (χ0n) is 9.99. The smallest absolute Gasteiger partial charge is 0.356 e. The third-order valence-electron chi connectivity index (χ3n) is 2.96. The predicted molar refractivity (Wildman–Crippen MR) is 62.2 cm³/mol. The number of hydrogen-bond acceptors (Lipinski definition) is 3. The molecule has 0 radical (unpaired) electrons. The summed E-state index contributed by atoms with van der Waals surface area (Å²) in [5, 5.41) is 2.81. The van der Waals surface area contributed by atoms with Gasteiger partial charge in [0, 0.05) is 25.6 Å². The maximum atomic E-state index is 12.6. The summed E-state index contributed by atoms with van der Waals surface area (Å²) < 4.78 is 34.7. The molecular weight excluding hydrogens is 247 g/mol. The van der Waals surface area contributed by atoms with E-state index in [0.717, 1.165) is 17.1 Å². The van der Waals surface area contributed by atoms with E-state index in [9.17, 15) is 17.1 Å². The molecule has 1 heterocycles. The molecule has 1 fully saturated rings. The van der Waals surface area contributed by atoms with Crippen molar-refractivity contribution in [3.63, 3.8) is 0 Å². The molecule has 0 aliphatic carbocycles. The number of carbonyl (C=O) groups is 1. The van der Waals surface area contributed by atoms with Gasteiger partial charge in [0.15, 0.2) is 0 Å². The molecule has 0 aromatic rings. The third kappa shape index (κ3) is 4.59. The van der Waals surface area contributed by atoms with Crippen LogP contribution in [0.3, 0.4) is 0 Å². The van der Waals surface area contributed by atoms with Crippen LogP contribution in [0.1, 0.15) is 32.6 Å².